The third-order valence-electron chi connectivity index (χ3n) is 2.68. The van der Waals surface area contributed by atoms with Crippen LogP contribution in [0, 0.1) is 0 Å². The molecule has 0 spiro atoms. The van der Waals surface area contributed by atoms with Gasteiger partial charge in [-0.25, -0.2) is 0 Å². The summed E-state index contributed by atoms with van der Waals surface area (Å²) in [6, 6.07) is 6.19. The van der Waals surface area contributed by atoms with Crippen molar-refractivity contribution >= 4 is 17.7 Å². The van der Waals surface area contributed by atoms with Crippen LogP contribution in [0.15, 0.2) is 29.2 Å². The van der Waals surface area contributed by atoms with Crippen LogP contribution in [0.25, 0.3) is 0 Å². The number of carbonyl (C=O) groups is 1. The SMILES string of the molecule is CCC(C)(C)NC(=O)c1ccc(SC(F)F)cc1. The van der Waals surface area contributed by atoms with E-state index in [1.807, 2.05) is 20.8 Å². The van der Waals surface area contributed by atoms with Crippen molar-refractivity contribution in [3.63, 3.8) is 0 Å². The zero-order valence-corrected chi connectivity index (χ0v) is 11.5. The van der Waals surface area contributed by atoms with Crippen molar-refractivity contribution in [1.82, 2.24) is 5.32 Å². The lowest BCUT2D eigenvalue weighted by Gasteiger charge is -2.24. The molecule has 2 nitrogen and oxygen atoms in total. The Bertz CT molecular complexity index is 404. The minimum Gasteiger partial charge on any atom is -0.347 e. The molecule has 0 bridgehead atoms. The van der Waals surface area contributed by atoms with E-state index in [1.54, 1.807) is 12.1 Å². The van der Waals surface area contributed by atoms with Gasteiger partial charge < -0.3 is 5.32 Å². The standard InChI is InChI=1S/C13H17F2NOS/c1-4-13(2,3)16-11(17)9-5-7-10(8-6-9)18-12(14)15/h5-8,12H,4H2,1-3H3,(H,16,17). The number of thioether (sulfide) groups is 1. The van der Waals surface area contributed by atoms with E-state index in [1.165, 1.54) is 12.1 Å². The number of halogens is 2. The molecule has 1 amide bonds. The predicted molar refractivity (Wildman–Crippen MR) is 70.1 cm³/mol. The van der Waals surface area contributed by atoms with E-state index in [9.17, 15) is 13.6 Å². The van der Waals surface area contributed by atoms with Crippen LogP contribution in [-0.2, 0) is 0 Å². The number of hydrogen-bond donors (Lipinski definition) is 1. The highest BCUT2D eigenvalue weighted by molar-refractivity contribution is 7.99. The van der Waals surface area contributed by atoms with Gasteiger partial charge in [0.05, 0.1) is 0 Å². The second-order valence-corrected chi connectivity index (χ2v) is 5.66. The molecule has 1 rings (SSSR count). The fourth-order valence-corrected chi connectivity index (χ4v) is 1.75. The molecule has 1 N–H and O–H groups in total. The first kappa shape index (κ1) is 15.0. The Kier molecular flexibility index (Phi) is 5.14. The Labute approximate surface area is 110 Å². The summed E-state index contributed by atoms with van der Waals surface area (Å²) in [6.45, 7) is 5.86. The molecule has 0 aliphatic rings. The lowest BCUT2D eigenvalue weighted by Crippen LogP contribution is -2.42. The van der Waals surface area contributed by atoms with E-state index >= 15 is 0 Å². The zero-order valence-electron chi connectivity index (χ0n) is 10.7. The molecule has 1 aromatic rings. The van der Waals surface area contributed by atoms with Gasteiger partial charge in [0.2, 0.25) is 0 Å². The Balaban J connectivity index is 2.70. The van der Waals surface area contributed by atoms with Gasteiger partial charge in [0.15, 0.2) is 0 Å². The minimum absolute atomic E-state index is 0.185. The molecular weight excluding hydrogens is 256 g/mol. The quantitative estimate of drug-likeness (QED) is 0.824. The number of rotatable bonds is 5. The molecule has 0 saturated heterocycles. The molecule has 0 heterocycles. The largest absolute Gasteiger partial charge is 0.347 e. The highest BCUT2D eigenvalue weighted by atomic mass is 32.2. The summed E-state index contributed by atoms with van der Waals surface area (Å²) in [5.41, 5.74) is 0.211. The molecule has 0 radical (unpaired) electrons. The summed E-state index contributed by atoms with van der Waals surface area (Å²) in [5.74, 6) is -2.63. The van der Waals surface area contributed by atoms with E-state index in [4.69, 9.17) is 0 Å². The molecule has 100 valence electrons. The van der Waals surface area contributed by atoms with Crippen molar-refractivity contribution in [2.24, 2.45) is 0 Å². The number of amides is 1. The molecule has 0 saturated carbocycles. The molecule has 18 heavy (non-hydrogen) atoms. The average molecular weight is 273 g/mol. The second kappa shape index (κ2) is 6.18. The maximum atomic E-state index is 12.1. The smallest absolute Gasteiger partial charge is 0.288 e. The fraction of sp³-hybridized carbons (Fsp3) is 0.462. The normalized spacial score (nSPS) is 11.7. The lowest BCUT2D eigenvalue weighted by molar-refractivity contribution is 0.0911. The van der Waals surface area contributed by atoms with E-state index in [-0.39, 0.29) is 11.4 Å². The number of nitrogens with one attached hydrogen (secondary N) is 1. The molecule has 0 aliphatic heterocycles. The van der Waals surface area contributed by atoms with Crippen LogP contribution in [0.5, 0.6) is 0 Å². The first-order chi connectivity index (χ1) is 8.34. The minimum atomic E-state index is -2.44. The zero-order chi connectivity index (χ0) is 13.8. The van der Waals surface area contributed by atoms with Crippen LogP contribution in [0.4, 0.5) is 8.78 Å². The van der Waals surface area contributed by atoms with E-state index in [0.717, 1.165) is 6.42 Å². The maximum Gasteiger partial charge on any atom is 0.288 e. The Morgan fingerprint density at radius 3 is 2.33 bits per heavy atom. The Morgan fingerprint density at radius 2 is 1.89 bits per heavy atom. The Hall–Kier alpha value is -1.10. The highest BCUT2D eigenvalue weighted by Gasteiger charge is 2.18. The summed E-state index contributed by atoms with van der Waals surface area (Å²) in [6.07, 6.45) is 0.818. The van der Waals surface area contributed by atoms with Crippen molar-refractivity contribution in [1.29, 1.82) is 0 Å². The van der Waals surface area contributed by atoms with Gasteiger partial charge in [-0.1, -0.05) is 18.7 Å². The third-order valence-corrected chi connectivity index (χ3v) is 3.40. The van der Waals surface area contributed by atoms with Gasteiger partial charge in [-0.05, 0) is 44.5 Å². The van der Waals surface area contributed by atoms with Gasteiger partial charge in [0, 0.05) is 16.0 Å². The van der Waals surface area contributed by atoms with Crippen LogP contribution >= 0.6 is 11.8 Å². The van der Waals surface area contributed by atoms with E-state index < -0.39 is 5.76 Å². The summed E-state index contributed by atoms with van der Waals surface area (Å²) in [7, 11) is 0. The van der Waals surface area contributed by atoms with Gasteiger partial charge in [-0.15, -0.1) is 0 Å². The number of alkyl halides is 2. The topological polar surface area (TPSA) is 29.1 Å². The molecule has 0 aliphatic carbocycles. The van der Waals surface area contributed by atoms with Crippen molar-refractivity contribution in [3.8, 4) is 0 Å². The van der Waals surface area contributed by atoms with Crippen molar-refractivity contribution in [2.75, 3.05) is 0 Å². The first-order valence-corrected chi connectivity index (χ1v) is 6.59. The van der Waals surface area contributed by atoms with Crippen molar-refractivity contribution in [2.45, 2.75) is 43.4 Å². The molecule has 0 aromatic heterocycles. The van der Waals surface area contributed by atoms with Crippen molar-refractivity contribution in [3.05, 3.63) is 29.8 Å². The van der Waals surface area contributed by atoms with Gasteiger partial charge in [-0.2, -0.15) is 8.78 Å². The molecule has 1 aromatic carbocycles. The molecular formula is C13H17F2NOS. The van der Waals surface area contributed by atoms with Gasteiger partial charge >= 0.3 is 0 Å². The molecule has 5 heteroatoms. The maximum absolute atomic E-state index is 12.1. The summed E-state index contributed by atoms with van der Waals surface area (Å²) in [4.78, 5) is 12.3. The number of hydrogen-bond acceptors (Lipinski definition) is 2. The highest BCUT2D eigenvalue weighted by Crippen LogP contribution is 2.25. The van der Waals surface area contributed by atoms with Crippen LogP contribution in [-0.4, -0.2) is 17.2 Å². The van der Waals surface area contributed by atoms with Crippen LogP contribution in [0.3, 0.4) is 0 Å². The van der Waals surface area contributed by atoms with Gasteiger partial charge in [0.1, 0.15) is 0 Å². The number of benzene rings is 1. The summed E-state index contributed by atoms with van der Waals surface area (Å²) >= 11 is 0.471. The van der Waals surface area contributed by atoms with Crippen LogP contribution < -0.4 is 5.32 Å². The predicted octanol–water partition coefficient (Wildman–Crippen LogP) is 3.92. The molecule has 0 atom stereocenters. The summed E-state index contributed by atoms with van der Waals surface area (Å²) in [5, 5.41) is 2.89. The number of carbonyl (C=O) groups excluding carboxylic acids is 1. The monoisotopic (exact) mass is 273 g/mol. The third kappa shape index (κ3) is 4.64. The van der Waals surface area contributed by atoms with Gasteiger partial charge in [-0.3, -0.25) is 4.79 Å². The molecule has 0 unspecified atom stereocenters. The molecule has 0 fully saturated rings. The van der Waals surface area contributed by atoms with E-state index in [2.05, 4.69) is 5.32 Å². The van der Waals surface area contributed by atoms with Crippen molar-refractivity contribution < 1.29 is 13.6 Å². The van der Waals surface area contributed by atoms with Crippen LogP contribution in [0.2, 0.25) is 0 Å². The average Bonchev–Trinajstić information content (AvgIpc) is 2.28. The first-order valence-electron chi connectivity index (χ1n) is 5.71. The van der Waals surface area contributed by atoms with Crippen LogP contribution in [0.1, 0.15) is 37.6 Å². The Morgan fingerprint density at radius 1 is 1.33 bits per heavy atom. The lowest BCUT2D eigenvalue weighted by atomic mass is 10.0. The summed E-state index contributed by atoms with van der Waals surface area (Å²) < 4.78 is 24.3. The van der Waals surface area contributed by atoms with Gasteiger partial charge in [0.25, 0.3) is 11.7 Å². The van der Waals surface area contributed by atoms with E-state index in [0.29, 0.717) is 22.2 Å². The fourth-order valence-electron chi connectivity index (χ4n) is 1.26. The second-order valence-electron chi connectivity index (χ2n) is 4.59.